The van der Waals surface area contributed by atoms with Gasteiger partial charge in [0.1, 0.15) is 11.9 Å². The number of allylic oxidation sites excluding steroid dienone is 2. The first-order valence-corrected chi connectivity index (χ1v) is 21.3. The Kier molecular flexibility index (Phi) is 7.38. The first-order valence-electron chi connectivity index (χ1n) is 21.3. The van der Waals surface area contributed by atoms with E-state index in [-0.39, 0.29) is 12.0 Å². The highest BCUT2D eigenvalue weighted by atomic mass is 16.5. The molecule has 3 unspecified atom stereocenters. The molecule has 13 rings (SSSR count). The molecule has 0 saturated heterocycles. The van der Waals surface area contributed by atoms with Crippen molar-refractivity contribution in [3.8, 4) is 50.3 Å². The lowest BCUT2D eigenvalue weighted by Gasteiger charge is -2.37. The van der Waals surface area contributed by atoms with Crippen LogP contribution in [0.2, 0.25) is 0 Å². The molecule has 3 atom stereocenters. The smallest absolute Gasteiger partial charge is 0.128 e. The van der Waals surface area contributed by atoms with Crippen molar-refractivity contribution in [1.29, 1.82) is 0 Å². The summed E-state index contributed by atoms with van der Waals surface area (Å²) in [5.41, 5.74) is 19.0. The number of hydrogen-bond donors (Lipinski definition) is 0. The van der Waals surface area contributed by atoms with E-state index in [0.29, 0.717) is 0 Å². The molecule has 3 aliphatic carbocycles. The average molecular weight is 778 g/mol. The van der Waals surface area contributed by atoms with E-state index in [1.54, 1.807) is 0 Å². The summed E-state index contributed by atoms with van der Waals surface area (Å²) in [6.45, 7) is 0. The number of anilines is 3. The van der Waals surface area contributed by atoms with Gasteiger partial charge in [0.15, 0.2) is 0 Å². The largest absolute Gasteiger partial charge is 0.485 e. The maximum Gasteiger partial charge on any atom is 0.128 e. The number of nitrogens with zero attached hydrogens (tertiary/aromatic N) is 1. The topological polar surface area (TPSA) is 12.5 Å². The van der Waals surface area contributed by atoms with Gasteiger partial charge >= 0.3 is 0 Å². The molecule has 0 amide bonds. The lowest BCUT2D eigenvalue weighted by atomic mass is 9.65. The highest BCUT2D eigenvalue weighted by Crippen LogP contribution is 2.63. The normalized spacial score (nSPS) is 18.2. The molecule has 1 heterocycles. The van der Waals surface area contributed by atoms with Gasteiger partial charge in [0.25, 0.3) is 0 Å². The van der Waals surface area contributed by atoms with Crippen molar-refractivity contribution in [1.82, 2.24) is 0 Å². The molecule has 0 radical (unpaired) electrons. The van der Waals surface area contributed by atoms with E-state index in [1.165, 1.54) is 77.5 Å². The van der Waals surface area contributed by atoms with Gasteiger partial charge in [0.2, 0.25) is 0 Å². The van der Waals surface area contributed by atoms with Crippen molar-refractivity contribution in [3.63, 3.8) is 0 Å². The van der Waals surface area contributed by atoms with Crippen LogP contribution in [0.15, 0.2) is 224 Å². The molecule has 1 spiro atoms. The zero-order valence-corrected chi connectivity index (χ0v) is 33.4. The molecule has 2 nitrogen and oxygen atoms in total. The molecule has 4 aliphatic rings. The van der Waals surface area contributed by atoms with Crippen LogP contribution in [0.3, 0.4) is 0 Å². The van der Waals surface area contributed by atoms with Gasteiger partial charge in [-0.15, -0.1) is 0 Å². The molecule has 61 heavy (non-hydrogen) atoms. The van der Waals surface area contributed by atoms with E-state index in [0.717, 1.165) is 28.4 Å². The number of benzene rings is 9. The first kappa shape index (κ1) is 34.2. The Labute approximate surface area is 356 Å². The molecule has 9 aromatic rings. The van der Waals surface area contributed by atoms with E-state index in [4.69, 9.17) is 4.74 Å². The minimum absolute atomic E-state index is 0.00591. The van der Waals surface area contributed by atoms with Crippen LogP contribution in [0, 0.1) is 0 Å². The third-order valence-electron chi connectivity index (χ3n) is 13.6. The zero-order valence-electron chi connectivity index (χ0n) is 33.4. The SMILES string of the molecule is C1=CC2Oc3cc(N(c4ccc5c(c4)C4(c6ccccc6-c6ccccc6-5)c5ccccc5-c5c4ccc4ccccc54)c4ccccc4-c4ccccc4)ccc3C2C=C1. The lowest BCUT2D eigenvalue weighted by Crippen LogP contribution is -2.29. The van der Waals surface area contributed by atoms with Crippen LogP contribution in [-0.4, -0.2) is 6.10 Å². The standard InChI is InChI=1S/C59H39NO/c1-2-16-38(17-3-1)42-19-10-14-28-55(42)60(41-32-34-49-48-24-11-15-29-56(48)61-57(49)37-41)40-31-33-47-45-22-7-6-21-44(45)46-23-8-12-26-51(46)59(54(47)36-40)52-27-13-9-25-50(52)58-43-20-5-4-18-39(43)30-35-53(58)59/h1-37,48,56H. The summed E-state index contributed by atoms with van der Waals surface area (Å²) in [5.74, 6) is 1.15. The van der Waals surface area contributed by atoms with Crippen LogP contribution < -0.4 is 9.64 Å². The van der Waals surface area contributed by atoms with E-state index in [2.05, 4.69) is 229 Å². The molecule has 0 fully saturated rings. The van der Waals surface area contributed by atoms with Gasteiger partial charge in [-0.1, -0.05) is 188 Å². The summed E-state index contributed by atoms with van der Waals surface area (Å²) in [6, 6.07) is 74.6. The molecular formula is C59H39NO. The van der Waals surface area contributed by atoms with Gasteiger partial charge in [-0.2, -0.15) is 0 Å². The molecule has 0 bridgehead atoms. The van der Waals surface area contributed by atoms with Crippen molar-refractivity contribution >= 4 is 27.8 Å². The maximum absolute atomic E-state index is 6.70. The second-order valence-electron chi connectivity index (χ2n) is 16.6. The van der Waals surface area contributed by atoms with E-state index in [1.807, 2.05) is 0 Å². The first-order chi connectivity index (χ1) is 30.3. The fourth-order valence-electron chi connectivity index (χ4n) is 11.1. The van der Waals surface area contributed by atoms with Crippen molar-refractivity contribution in [2.45, 2.75) is 17.4 Å². The van der Waals surface area contributed by atoms with Crippen molar-refractivity contribution in [3.05, 3.63) is 252 Å². The van der Waals surface area contributed by atoms with E-state index in [9.17, 15) is 0 Å². The summed E-state index contributed by atoms with van der Waals surface area (Å²) >= 11 is 0. The van der Waals surface area contributed by atoms with Crippen LogP contribution in [0.4, 0.5) is 17.1 Å². The highest BCUT2D eigenvalue weighted by Gasteiger charge is 2.50. The quantitative estimate of drug-likeness (QED) is 0.176. The predicted molar refractivity (Wildman–Crippen MR) is 251 cm³/mol. The van der Waals surface area contributed by atoms with Gasteiger partial charge in [-0.3, -0.25) is 0 Å². The fourth-order valence-corrected chi connectivity index (χ4v) is 11.1. The Morgan fingerprint density at radius 3 is 1.89 bits per heavy atom. The summed E-state index contributed by atoms with van der Waals surface area (Å²) in [7, 11) is 0. The zero-order chi connectivity index (χ0) is 40.1. The van der Waals surface area contributed by atoms with Crippen LogP contribution in [-0.2, 0) is 5.41 Å². The van der Waals surface area contributed by atoms with Crippen LogP contribution >= 0.6 is 0 Å². The fraction of sp³-hybridized carbons (Fsp3) is 0.0508. The number of ether oxygens (including phenoxy) is 1. The predicted octanol–water partition coefficient (Wildman–Crippen LogP) is 15.0. The Balaban J connectivity index is 1.14. The van der Waals surface area contributed by atoms with E-state index < -0.39 is 5.41 Å². The third kappa shape index (κ3) is 4.85. The summed E-state index contributed by atoms with van der Waals surface area (Å²) in [5, 5.41) is 2.53. The second-order valence-corrected chi connectivity index (χ2v) is 16.6. The minimum Gasteiger partial charge on any atom is -0.485 e. The molecule has 286 valence electrons. The van der Waals surface area contributed by atoms with Crippen molar-refractivity contribution in [2.75, 3.05) is 4.90 Å². The van der Waals surface area contributed by atoms with Gasteiger partial charge in [-0.05, 0) is 102 Å². The Hall–Kier alpha value is -7.68. The van der Waals surface area contributed by atoms with Crippen LogP contribution in [0.25, 0.3) is 55.3 Å². The number of fused-ring (bicyclic) bond motifs is 17. The molecule has 0 aromatic heterocycles. The second kappa shape index (κ2) is 13.2. The molecule has 2 heteroatoms. The highest BCUT2D eigenvalue weighted by molar-refractivity contribution is 6.06. The monoisotopic (exact) mass is 777 g/mol. The summed E-state index contributed by atoms with van der Waals surface area (Å²) < 4.78 is 6.70. The molecule has 0 saturated carbocycles. The molecular weight excluding hydrogens is 739 g/mol. The van der Waals surface area contributed by atoms with Gasteiger partial charge in [0.05, 0.1) is 11.1 Å². The Morgan fingerprint density at radius 2 is 1.05 bits per heavy atom. The van der Waals surface area contributed by atoms with Crippen molar-refractivity contribution in [2.24, 2.45) is 0 Å². The molecule has 0 N–H and O–H groups in total. The van der Waals surface area contributed by atoms with Crippen molar-refractivity contribution < 1.29 is 4.74 Å². The third-order valence-corrected chi connectivity index (χ3v) is 13.6. The van der Waals surface area contributed by atoms with Gasteiger partial charge < -0.3 is 9.64 Å². The van der Waals surface area contributed by atoms with Crippen LogP contribution in [0.1, 0.15) is 33.7 Å². The summed E-state index contributed by atoms with van der Waals surface area (Å²) in [6.07, 6.45) is 8.68. The lowest BCUT2D eigenvalue weighted by molar-refractivity contribution is 0.269. The van der Waals surface area contributed by atoms with E-state index >= 15 is 0 Å². The maximum atomic E-state index is 6.70. The molecule has 9 aromatic carbocycles. The Morgan fingerprint density at radius 1 is 0.426 bits per heavy atom. The number of rotatable bonds is 4. The van der Waals surface area contributed by atoms with Gasteiger partial charge in [0, 0.05) is 34.5 Å². The minimum atomic E-state index is -0.628. The van der Waals surface area contributed by atoms with Gasteiger partial charge in [-0.25, -0.2) is 0 Å². The Bertz CT molecular complexity index is 3320. The number of hydrogen-bond acceptors (Lipinski definition) is 2. The number of para-hydroxylation sites is 1. The van der Waals surface area contributed by atoms with Crippen LogP contribution in [0.5, 0.6) is 5.75 Å². The average Bonchev–Trinajstić information content (AvgIpc) is 3.82. The molecule has 1 aliphatic heterocycles. The summed E-state index contributed by atoms with van der Waals surface area (Å²) in [4.78, 5) is 2.46.